The third-order valence-corrected chi connectivity index (χ3v) is 9.40. The Labute approximate surface area is 207 Å². The fourth-order valence-electron chi connectivity index (χ4n) is 3.59. The molecule has 3 rings (SSSR count). The van der Waals surface area contributed by atoms with Crippen LogP contribution >= 0.6 is 11.3 Å². The molecule has 0 atom stereocenters. The highest BCUT2D eigenvalue weighted by atomic mass is 32.2. The Morgan fingerprint density at radius 1 is 1.06 bits per heavy atom. The van der Waals surface area contributed by atoms with Gasteiger partial charge in [-0.3, -0.25) is 14.9 Å². The quantitative estimate of drug-likeness (QED) is 0.538. The topological polar surface area (TPSA) is 156 Å². The van der Waals surface area contributed by atoms with Gasteiger partial charge in [-0.2, -0.15) is 4.31 Å². The number of hydrogen-bond donors (Lipinski definition) is 2. The average molecular weight is 544 g/mol. The second kappa shape index (κ2) is 10.8. The molecule has 1 fully saturated rings. The van der Waals surface area contributed by atoms with Crippen LogP contribution in [0.25, 0.3) is 0 Å². The summed E-state index contributed by atoms with van der Waals surface area (Å²) in [4.78, 5) is 36.0. The molecule has 2 heterocycles. The van der Waals surface area contributed by atoms with Gasteiger partial charge in [0.05, 0.1) is 17.1 Å². The number of hydrogen-bond acceptors (Lipinski definition) is 9. The van der Waals surface area contributed by atoms with Crippen molar-refractivity contribution < 1.29 is 36.0 Å². The Morgan fingerprint density at radius 2 is 1.69 bits per heavy atom. The van der Waals surface area contributed by atoms with Gasteiger partial charge in [0, 0.05) is 25.3 Å². The summed E-state index contributed by atoms with van der Waals surface area (Å²) in [7, 11) is -7.84. The van der Waals surface area contributed by atoms with Crippen LogP contribution in [0.15, 0.2) is 45.5 Å². The Bertz CT molecular complexity index is 1330. The lowest BCUT2D eigenvalue weighted by atomic mass is 9.97. The van der Waals surface area contributed by atoms with E-state index < -0.39 is 37.8 Å². The van der Waals surface area contributed by atoms with Crippen molar-refractivity contribution in [3.63, 3.8) is 0 Å². The lowest BCUT2D eigenvalue weighted by molar-refractivity contribution is -0.120. The van der Waals surface area contributed by atoms with Gasteiger partial charge in [0.15, 0.2) is 9.84 Å². The first-order valence-electron chi connectivity index (χ1n) is 10.6. The van der Waals surface area contributed by atoms with Gasteiger partial charge in [0.25, 0.3) is 5.91 Å². The highest BCUT2D eigenvalue weighted by Gasteiger charge is 2.35. The first kappa shape index (κ1) is 26.8. The molecule has 1 saturated heterocycles. The van der Waals surface area contributed by atoms with Crippen molar-refractivity contribution in [2.75, 3.05) is 31.3 Å². The molecular formula is C21H25N3O8S3. The standard InChI is InChI=1S/C21H25N3O8S3/c1-3-32-21(27)23-19(26)15-10-13-33-20(15)22-18(25)14-8-11-24(12-9-14)35(30,31)17-7-5-4-6-16(17)34(2,28)29/h4-7,10,13-14H,3,8-9,11-12H2,1-2H3,(H,22,25)(H,23,26,27). The smallest absolute Gasteiger partial charge is 0.414 e. The minimum absolute atomic E-state index is 0.0269. The Balaban J connectivity index is 1.66. The molecule has 1 aliphatic heterocycles. The molecule has 14 heteroatoms. The largest absolute Gasteiger partial charge is 0.450 e. The highest BCUT2D eigenvalue weighted by Crippen LogP contribution is 2.30. The van der Waals surface area contributed by atoms with Crippen LogP contribution in [0.5, 0.6) is 0 Å². The number of amides is 3. The molecule has 2 N–H and O–H groups in total. The van der Waals surface area contributed by atoms with Crippen LogP contribution in [0.2, 0.25) is 0 Å². The molecule has 0 unspecified atom stereocenters. The molecule has 0 aliphatic carbocycles. The van der Waals surface area contributed by atoms with Gasteiger partial charge in [-0.25, -0.2) is 21.6 Å². The second-order valence-electron chi connectivity index (χ2n) is 7.72. The molecular weight excluding hydrogens is 518 g/mol. The lowest BCUT2D eigenvalue weighted by Crippen LogP contribution is -2.41. The maximum absolute atomic E-state index is 13.1. The normalized spacial score (nSPS) is 15.4. The number of ether oxygens (including phenoxy) is 1. The van der Waals surface area contributed by atoms with Crippen molar-refractivity contribution in [1.82, 2.24) is 9.62 Å². The fourth-order valence-corrected chi connectivity index (χ4v) is 7.45. The van der Waals surface area contributed by atoms with Gasteiger partial charge in [-0.05, 0) is 43.3 Å². The van der Waals surface area contributed by atoms with Crippen LogP contribution in [0.1, 0.15) is 30.1 Å². The minimum atomic E-state index is -4.08. The number of alkyl carbamates (subject to hydrolysis) is 1. The summed E-state index contributed by atoms with van der Waals surface area (Å²) in [5.74, 6) is -1.62. The number of piperidine rings is 1. The number of sulfone groups is 1. The third-order valence-electron chi connectivity index (χ3n) is 5.33. The number of sulfonamides is 1. The zero-order valence-electron chi connectivity index (χ0n) is 19.0. The van der Waals surface area contributed by atoms with E-state index in [1.54, 1.807) is 12.3 Å². The monoisotopic (exact) mass is 543 g/mol. The molecule has 1 aromatic carbocycles. The van der Waals surface area contributed by atoms with E-state index in [1.165, 1.54) is 34.6 Å². The molecule has 0 bridgehead atoms. The predicted octanol–water partition coefficient (Wildman–Crippen LogP) is 2.08. The van der Waals surface area contributed by atoms with Gasteiger partial charge in [0.2, 0.25) is 15.9 Å². The molecule has 0 spiro atoms. The van der Waals surface area contributed by atoms with E-state index in [0.717, 1.165) is 17.6 Å². The summed E-state index contributed by atoms with van der Waals surface area (Å²) in [6.45, 7) is 1.75. The number of thiophene rings is 1. The summed E-state index contributed by atoms with van der Waals surface area (Å²) in [5.41, 5.74) is 0.105. The van der Waals surface area contributed by atoms with Crippen LogP contribution in [0.3, 0.4) is 0 Å². The van der Waals surface area contributed by atoms with E-state index in [-0.39, 0.29) is 58.8 Å². The van der Waals surface area contributed by atoms with Gasteiger partial charge in [0.1, 0.15) is 9.90 Å². The van der Waals surface area contributed by atoms with Crippen LogP contribution < -0.4 is 10.6 Å². The number of rotatable bonds is 7. The maximum atomic E-state index is 13.1. The molecule has 0 radical (unpaired) electrons. The Kier molecular flexibility index (Phi) is 8.30. The number of anilines is 1. The van der Waals surface area contributed by atoms with E-state index in [2.05, 4.69) is 15.4 Å². The van der Waals surface area contributed by atoms with Crippen molar-refractivity contribution in [2.24, 2.45) is 5.92 Å². The van der Waals surface area contributed by atoms with Crippen LogP contribution in [-0.2, 0) is 29.4 Å². The van der Waals surface area contributed by atoms with Gasteiger partial charge in [-0.1, -0.05) is 12.1 Å². The summed E-state index contributed by atoms with van der Waals surface area (Å²) in [6.07, 6.45) is 0.472. The number of carbonyl (C=O) groups excluding carboxylic acids is 3. The number of benzene rings is 1. The van der Waals surface area contributed by atoms with Crippen molar-refractivity contribution in [3.05, 3.63) is 41.3 Å². The molecule has 1 aromatic heterocycles. The summed E-state index contributed by atoms with van der Waals surface area (Å²) < 4.78 is 56.2. The SMILES string of the molecule is CCOC(=O)NC(=O)c1ccsc1NC(=O)C1CCN(S(=O)(=O)c2ccccc2S(C)(=O)=O)CC1. The van der Waals surface area contributed by atoms with E-state index in [4.69, 9.17) is 0 Å². The number of nitrogens with one attached hydrogen (secondary N) is 2. The van der Waals surface area contributed by atoms with E-state index in [9.17, 15) is 31.2 Å². The van der Waals surface area contributed by atoms with Crippen molar-refractivity contribution in [1.29, 1.82) is 0 Å². The highest BCUT2D eigenvalue weighted by molar-refractivity contribution is 7.93. The van der Waals surface area contributed by atoms with Crippen molar-refractivity contribution >= 4 is 54.1 Å². The maximum Gasteiger partial charge on any atom is 0.414 e. The third kappa shape index (κ3) is 6.25. The predicted molar refractivity (Wildman–Crippen MR) is 128 cm³/mol. The van der Waals surface area contributed by atoms with Gasteiger partial charge in [-0.15, -0.1) is 11.3 Å². The fraction of sp³-hybridized carbons (Fsp3) is 0.381. The number of carbonyl (C=O) groups is 3. The molecule has 2 aromatic rings. The number of nitrogens with zero attached hydrogens (tertiary/aromatic N) is 1. The summed E-state index contributed by atoms with van der Waals surface area (Å²) >= 11 is 1.11. The van der Waals surface area contributed by atoms with Gasteiger partial charge < -0.3 is 10.1 Å². The Morgan fingerprint density at radius 3 is 2.29 bits per heavy atom. The zero-order valence-corrected chi connectivity index (χ0v) is 21.5. The first-order valence-corrected chi connectivity index (χ1v) is 14.8. The Hall–Kier alpha value is -2.81. The van der Waals surface area contributed by atoms with Crippen LogP contribution in [0, 0.1) is 5.92 Å². The lowest BCUT2D eigenvalue weighted by Gasteiger charge is -2.30. The van der Waals surface area contributed by atoms with E-state index in [1.807, 2.05) is 0 Å². The molecule has 1 aliphatic rings. The summed E-state index contributed by atoms with van der Waals surface area (Å²) in [5, 5.41) is 6.59. The summed E-state index contributed by atoms with van der Waals surface area (Å²) in [6, 6.07) is 6.88. The molecule has 11 nitrogen and oxygen atoms in total. The van der Waals surface area contributed by atoms with Crippen molar-refractivity contribution in [2.45, 2.75) is 29.6 Å². The first-order chi connectivity index (χ1) is 16.4. The van der Waals surface area contributed by atoms with Crippen LogP contribution in [-0.4, -0.2) is 65.0 Å². The minimum Gasteiger partial charge on any atom is -0.450 e. The molecule has 0 saturated carbocycles. The number of imide groups is 1. The van der Waals surface area contributed by atoms with Crippen LogP contribution in [0.4, 0.5) is 9.80 Å². The van der Waals surface area contributed by atoms with E-state index in [0.29, 0.717) is 0 Å². The molecule has 3 amide bonds. The zero-order chi connectivity index (χ0) is 25.8. The molecule has 35 heavy (non-hydrogen) atoms. The second-order valence-corrected chi connectivity index (χ2v) is 12.5. The van der Waals surface area contributed by atoms with Crippen molar-refractivity contribution in [3.8, 4) is 0 Å². The van der Waals surface area contributed by atoms with Gasteiger partial charge >= 0.3 is 6.09 Å². The average Bonchev–Trinajstić information content (AvgIpc) is 3.27. The van der Waals surface area contributed by atoms with E-state index >= 15 is 0 Å². The molecule has 190 valence electrons.